The van der Waals surface area contributed by atoms with E-state index in [1.807, 2.05) is 211 Å². The molecule has 92 heavy (non-hydrogen) atoms. The van der Waals surface area contributed by atoms with Crippen LogP contribution in [-0.2, 0) is 0 Å². The molecule has 0 N–H and O–H groups in total. The van der Waals surface area contributed by atoms with E-state index >= 15 is 0 Å². The zero-order chi connectivity index (χ0) is 63.5. The second-order valence-electron chi connectivity index (χ2n) is 22.5. The summed E-state index contributed by atoms with van der Waals surface area (Å²) in [5, 5.41) is 0. The van der Waals surface area contributed by atoms with Gasteiger partial charge in [0.15, 0.2) is 0 Å². The maximum absolute atomic E-state index is 2.43. The Kier molecular flexibility index (Phi) is 31.9. The monoisotopic (exact) mass is 1700 g/mol. The third-order valence-corrected chi connectivity index (χ3v) is 53.0. The van der Waals surface area contributed by atoms with Gasteiger partial charge in [0, 0.05) is 42.5 Å². The Morgan fingerprint density at radius 3 is 0.630 bits per heavy atom. The molecule has 2 aromatic rings. The molecule has 2 aromatic heterocycles. The molecule has 0 aliphatic carbocycles. The number of rotatable bonds is 32. The molecular weight excluding hydrogens is 1630 g/mol. The summed E-state index contributed by atoms with van der Waals surface area (Å²) in [6.07, 6.45) is 31.0. The molecule has 0 saturated heterocycles. The molecule has 0 bridgehead atoms. The lowest BCUT2D eigenvalue weighted by Gasteiger charge is -2.16. The van der Waals surface area contributed by atoms with Crippen LogP contribution < -0.4 is 0 Å². The molecule has 4 unspecified atom stereocenters. The van der Waals surface area contributed by atoms with Crippen LogP contribution in [0.1, 0.15) is 178 Å². The van der Waals surface area contributed by atoms with Crippen molar-refractivity contribution in [1.82, 2.24) is 0 Å². The fourth-order valence-corrected chi connectivity index (χ4v) is 51.1. The predicted molar refractivity (Wildman–Crippen MR) is 479 cm³/mol. The van der Waals surface area contributed by atoms with Gasteiger partial charge in [-0.2, -0.15) is 0 Å². The van der Waals surface area contributed by atoms with Crippen LogP contribution in [0.4, 0.5) is 0 Å². The summed E-state index contributed by atoms with van der Waals surface area (Å²) in [7, 11) is 0. The number of hydrogen-bond donors (Lipinski definition) is 0. The zero-order valence-corrected chi connectivity index (χ0v) is 73.9. The van der Waals surface area contributed by atoms with Crippen LogP contribution in [0.2, 0.25) is 0 Å². The Morgan fingerprint density at radius 2 is 0.446 bits per heavy atom. The van der Waals surface area contributed by atoms with E-state index < -0.39 is 0 Å². The van der Waals surface area contributed by atoms with Gasteiger partial charge in [0.2, 0.25) is 0 Å². The minimum Gasteiger partial charge on any atom is -0.136 e. The summed E-state index contributed by atoms with van der Waals surface area (Å²) in [5.41, 5.74) is 0. The standard InChI is InChI=1S/C66H76S26/c1-9-17-21-37(13-5)33-67-49-50(68-34-38(14-6)22-18-10-2)82-61(81-49)63-85-53-54(86-63)74-45(73-53)29-41-25-27-43(71-41)31-47-77-57-58(78-47)90-65(89-57)66-91-59-60(92-66)80-48(79-59)32-44-28-26-42(72-44)30-46-75-55-56(76-46)88-64(87-55)62-83-51(69-35-39(15-7)23-19-11-3)52(84-62)70-36-40(16-8)24-20-12-4/h25-32,37-40H,9-24,33-36H2,1-8H3. The number of hydrogen-bond acceptors (Lipinski definition) is 26. The molecule has 0 amide bonds. The SMILES string of the molecule is CCCCC(CC)CSC1=C(SCC(CC)CCCC)SC(=C2SC3=C(SC(=Cc4ccc(C=C5SC6=C(S5)SC(=C5SC7=C(SC(=Cc8ccc(C=C9SC%10=C(S9)SC(=C9SC(SCC(CC)CCCC)=C(SCC(CC)CCCC)S9)S%10)s8)S7)S5)S6)s4)S3)S2)S1. The number of unbranched alkanes of at least 4 members (excludes halogenated alkanes) is 4. The number of thiophene rings is 2. The molecule has 10 aliphatic heterocycles. The van der Waals surface area contributed by atoms with E-state index in [1.54, 1.807) is 16.9 Å². The molecule has 0 spiro atoms. The molecule has 0 aromatic carbocycles. The first-order valence-corrected chi connectivity index (χ1v) is 53.8. The average molecular weight is 1700 g/mol. The summed E-state index contributed by atoms with van der Waals surface area (Å²) in [6.45, 7) is 18.9. The number of thioether (sulfide) groups is 24. The highest BCUT2D eigenvalue weighted by molar-refractivity contribution is 8.53. The first kappa shape index (κ1) is 76.1. The minimum absolute atomic E-state index is 0.820. The molecule has 10 aliphatic rings. The second kappa shape index (κ2) is 38.6. The maximum atomic E-state index is 2.43. The van der Waals surface area contributed by atoms with Crippen molar-refractivity contribution < 1.29 is 0 Å². The lowest BCUT2D eigenvalue weighted by atomic mass is 10.0. The molecule has 496 valence electrons. The van der Waals surface area contributed by atoms with Gasteiger partial charge in [-0.05, 0) is 97.9 Å². The maximum Gasteiger partial charge on any atom is 0.0718 e. The first-order chi connectivity index (χ1) is 45.1. The highest BCUT2D eigenvalue weighted by Gasteiger charge is 2.40. The highest BCUT2D eigenvalue weighted by Crippen LogP contribution is 2.75. The quantitative estimate of drug-likeness (QED) is 0.0682. The molecule has 0 nitrogen and oxygen atoms in total. The van der Waals surface area contributed by atoms with Crippen LogP contribution in [0.15, 0.2) is 117 Å². The van der Waals surface area contributed by atoms with Gasteiger partial charge >= 0.3 is 0 Å². The summed E-state index contributed by atoms with van der Waals surface area (Å²) < 4.78 is 32.7. The summed E-state index contributed by atoms with van der Waals surface area (Å²) in [6, 6.07) is 9.29. The van der Waals surface area contributed by atoms with Crippen LogP contribution in [0, 0.1) is 23.7 Å². The fourth-order valence-electron chi connectivity index (χ4n) is 9.92. The molecule has 12 heterocycles. The van der Waals surface area contributed by atoms with Gasteiger partial charge in [0.05, 0.1) is 93.2 Å². The van der Waals surface area contributed by atoms with Crippen molar-refractivity contribution >= 4 is 329 Å². The van der Waals surface area contributed by atoms with E-state index in [2.05, 4.69) is 198 Å². The molecule has 0 fully saturated rings. The van der Waals surface area contributed by atoms with E-state index in [0.29, 0.717) is 0 Å². The third kappa shape index (κ3) is 20.9. The molecular formula is C66H76S26. The second-order valence-corrected chi connectivity index (χ2v) is 55.2. The van der Waals surface area contributed by atoms with Crippen LogP contribution >= 0.6 is 305 Å². The van der Waals surface area contributed by atoms with Gasteiger partial charge in [-0.3, -0.25) is 0 Å². The van der Waals surface area contributed by atoms with Crippen molar-refractivity contribution in [2.24, 2.45) is 23.7 Å². The summed E-state index contributed by atoms with van der Waals surface area (Å²) >= 11 is 52.8. The van der Waals surface area contributed by atoms with Crippen molar-refractivity contribution in [2.45, 2.75) is 158 Å². The fraction of sp³-hybridized carbons (Fsp3) is 0.485. The van der Waals surface area contributed by atoms with E-state index in [9.17, 15) is 0 Å². The Balaban J connectivity index is 0.578. The van der Waals surface area contributed by atoms with Gasteiger partial charge in [0.25, 0.3) is 0 Å². The van der Waals surface area contributed by atoms with E-state index in [0.717, 1.165) is 23.7 Å². The van der Waals surface area contributed by atoms with Gasteiger partial charge in [-0.1, -0.05) is 368 Å². The lowest BCUT2D eigenvalue weighted by Crippen LogP contribution is -2.03. The van der Waals surface area contributed by atoms with Gasteiger partial charge in [-0.25, -0.2) is 0 Å². The normalized spacial score (nSPS) is 21.2. The van der Waals surface area contributed by atoms with Gasteiger partial charge in [-0.15, -0.1) is 69.7 Å². The average Bonchev–Trinajstić information content (AvgIpc) is 1.70. The van der Waals surface area contributed by atoms with Gasteiger partial charge < -0.3 is 0 Å². The van der Waals surface area contributed by atoms with Crippen LogP contribution in [0.5, 0.6) is 0 Å². The smallest absolute Gasteiger partial charge is 0.0718 e. The van der Waals surface area contributed by atoms with Crippen LogP contribution in [0.25, 0.3) is 24.3 Å². The summed E-state index contributed by atoms with van der Waals surface area (Å²) in [5.74, 6) is 8.31. The Morgan fingerprint density at radius 1 is 0.261 bits per heavy atom. The Labute approximate surface area is 661 Å². The Hall–Kier alpha value is 4.42. The van der Waals surface area contributed by atoms with E-state index in [1.165, 1.54) is 222 Å². The molecule has 12 rings (SSSR count). The lowest BCUT2D eigenvalue weighted by molar-refractivity contribution is 0.500. The Bertz CT molecular complexity index is 3100. The predicted octanol–water partition coefficient (Wildman–Crippen LogP) is 34.4. The highest BCUT2D eigenvalue weighted by atomic mass is 32.3. The van der Waals surface area contributed by atoms with Crippen molar-refractivity contribution in [2.75, 3.05) is 23.0 Å². The molecule has 0 saturated carbocycles. The third-order valence-electron chi connectivity index (χ3n) is 15.6. The van der Waals surface area contributed by atoms with Crippen molar-refractivity contribution in [3.63, 3.8) is 0 Å². The van der Waals surface area contributed by atoms with Crippen LogP contribution in [0.3, 0.4) is 0 Å². The van der Waals surface area contributed by atoms with Crippen LogP contribution in [-0.4, -0.2) is 23.0 Å². The topological polar surface area (TPSA) is 0 Å². The van der Waals surface area contributed by atoms with Gasteiger partial charge in [0.1, 0.15) is 0 Å². The van der Waals surface area contributed by atoms with Crippen molar-refractivity contribution in [3.05, 3.63) is 137 Å². The van der Waals surface area contributed by atoms with Crippen molar-refractivity contribution in [3.8, 4) is 0 Å². The molecule has 26 heteroatoms. The van der Waals surface area contributed by atoms with E-state index in [4.69, 9.17) is 0 Å². The molecule has 4 atom stereocenters. The van der Waals surface area contributed by atoms with Crippen molar-refractivity contribution in [1.29, 1.82) is 0 Å². The molecule has 0 radical (unpaired) electrons. The van der Waals surface area contributed by atoms with E-state index in [-0.39, 0.29) is 0 Å². The largest absolute Gasteiger partial charge is 0.136 e. The zero-order valence-electron chi connectivity index (χ0n) is 52.7. The first-order valence-electron chi connectivity index (χ1n) is 31.9. The minimum atomic E-state index is 0.820. The summed E-state index contributed by atoms with van der Waals surface area (Å²) in [4.78, 5) is 5.37.